The first-order valence-electron chi connectivity index (χ1n) is 8.38. The maximum absolute atomic E-state index is 13.0. The van der Waals surface area contributed by atoms with Crippen LogP contribution in [0.25, 0.3) is 0 Å². The van der Waals surface area contributed by atoms with Gasteiger partial charge in [0.05, 0.1) is 0 Å². The lowest BCUT2D eigenvalue weighted by molar-refractivity contribution is 0.0642. The van der Waals surface area contributed by atoms with Crippen molar-refractivity contribution >= 4 is 24.2 Å². The van der Waals surface area contributed by atoms with Crippen LogP contribution in [-0.4, -0.2) is 61.4 Å². The van der Waals surface area contributed by atoms with Crippen molar-refractivity contribution in [3.8, 4) is 0 Å². The summed E-state index contributed by atoms with van der Waals surface area (Å²) < 4.78 is 0. The van der Waals surface area contributed by atoms with Gasteiger partial charge in [-0.2, -0.15) is 0 Å². The summed E-state index contributed by atoms with van der Waals surface area (Å²) >= 11 is 0. The van der Waals surface area contributed by atoms with Gasteiger partial charge in [0, 0.05) is 37.8 Å². The Morgan fingerprint density at radius 1 is 1.12 bits per heavy atom. The van der Waals surface area contributed by atoms with Crippen LogP contribution in [0.15, 0.2) is 24.3 Å². The van der Waals surface area contributed by atoms with Crippen molar-refractivity contribution in [2.75, 3.05) is 33.7 Å². The van der Waals surface area contributed by atoms with E-state index in [0.717, 1.165) is 38.9 Å². The van der Waals surface area contributed by atoms with Gasteiger partial charge in [0.25, 0.3) is 11.8 Å². The van der Waals surface area contributed by atoms with Crippen LogP contribution in [0.5, 0.6) is 0 Å². The molecule has 5 nitrogen and oxygen atoms in total. The summed E-state index contributed by atoms with van der Waals surface area (Å²) in [5.74, 6) is -0.0456. The molecule has 0 spiro atoms. The molecule has 6 heteroatoms. The molecule has 1 aliphatic rings. The molecule has 1 N–H and O–H groups in total. The van der Waals surface area contributed by atoms with Crippen LogP contribution >= 0.6 is 12.4 Å². The summed E-state index contributed by atoms with van der Waals surface area (Å²) in [6.45, 7) is 4.76. The van der Waals surface area contributed by atoms with E-state index in [9.17, 15) is 9.59 Å². The van der Waals surface area contributed by atoms with Gasteiger partial charge >= 0.3 is 0 Å². The van der Waals surface area contributed by atoms with Crippen LogP contribution in [-0.2, 0) is 0 Å². The zero-order valence-corrected chi connectivity index (χ0v) is 15.6. The summed E-state index contributed by atoms with van der Waals surface area (Å²) in [5, 5.41) is 3.34. The summed E-state index contributed by atoms with van der Waals surface area (Å²) in [6.07, 6.45) is 2.91. The minimum Gasteiger partial charge on any atom is -0.345 e. The van der Waals surface area contributed by atoms with Gasteiger partial charge in [0.15, 0.2) is 0 Å². The van der Waals surface area contributed by atoms with Crippen LogP contribution in [0.2, 0.25) is 0 Å². The molecule has 2 rings (SSSR count). The van der Waals surface area contributed by atoms with Crippen molar-refractivity contribution in [1.82, 2.24) is 15.1 Å². The van der Waals surface area contributed by atoms with Gasteiger partial charge in [-0.25, -0.2) is 0 Å². The molecule has 1 aromatic rings. The number of benzene rings is 1. The molecule has 0 bridgehead atoms. The Bertz CT molecular complexity index is 557. The largest absolute Gasteiger partial charge is 0.345 e. The van der Waals surface area contributed by atoms with E-state index < -0.39 is 0 Å². The highest BCUT2D eigenvalue weighted by Crippen LogP contribution is 2.17. The van der Waals surface area contributed by atoms with E-state index in [1.54, 1.807) is 38.4 Å². The molecule has 1 fully saturated rings. The first-order valence-corrected chi connectivity index (χ1v) is 8.38. The molecule has 1 aromatic carbocycles. The molecular weight excluding hydrogens is 326 g/mol. The Morgan fingerprint density at radius 3 is 2.25 bits per heavy atom. The number of nitrogens with zero attached hydrogens (tertiary/aromatic N) is 2. The van der Waals surface area contributed by atoms with Gasteiger partial charge in [-0.3, -0.25) is 9.59 Å². The van der Waals surface area contributed by atoms with Gasteiger partial charge < -0.3 is 15.1 Å². The zero-order valence-electron chi connectivity index (χ0n) is 14.7. The van der Waals surface area contributed by atoms with Crippen molar-refractivity contribution < 1.29 is 9.59 Å². The topological polar surface area (TPSA) is 52.7 Å². The third-order valence-electron chi connectivity index (χ3n) is 4.24. The minimum absolute atomic E-state index is 0. The van der Waals surface area contributed by atoms with Crippen molar-refractivity contribution in [2.45, 2.75) is 32.2 Å². The number of hydrogen-bond donors (Lipinski definition) is 1. The molecule has 2 amide bonds. The Labute approximate surface area is 150 Å². The van der Waals surface area contributed by atoms with Crippen LogP contribution in [0.4, 0.5) is 0 Å². The summed E-state index contributed by atoms with van der Waals surface area (Å²) in [7, 11) is 3.44. The number of rotatable bonds is 5. The van der Waals surface area contributed by atoms with E-state index in [4.69, 9.17) is 0 Å². The molecule has 0 unspecified atom stereocenters. The second kappa shape index (κ2) is 9.64. The molecule has 24 heavy (non-hydrogen) atoms. The summed E-state index contributed by atoms with van der Waals surface area (Å²) in [5.41, 5.74) is 1.16. The smallest absolute Gasteiger partial charge is 0.254 e. The molecule has 0 saturated carbocycles. The lowest BCUT2D eigenvalue weighted by atomic mass is 10.0. The fourth-order valence-electron chi connectivity index (χ4n) is 3.02. The number of carbonyl (C=O) groups excluding carboxylic acids is 2. The molecule has 0 radical (unpaired) electrons. The van der Waals surface area contributed by atoms with Gasteiger partial charge in [-0.1, -0.05) is 13.0 Å². The number of nitrogens with one attached hydrogen (secondary N) is 1. The second-order valence-corrected chi connectivity index (χ2v) is 6.26. The Balaban J connectivity index is 0.00000288. The Morgan fingerprint density at radius 2 is 1.71 bits per heavy atom. The maximum Gasteiger partial charge on any atom is 0.254 e. The molecule has 1 saturated heterocycles. The van der Waals surface area contributed by atoms with Crippen molar-refractivity contribution in [2.24, 2.45) is 0 Å². The number of halogens is 1. The summed E-state index contributed by atoms with van der Waals surface area (Å²) in [4.78, 5) is 28.6. The van der Waals surface area contributed by atoms with Crippen molar-refractivity contribution in [1.29, 1.82) is 0 Å². The quantitative estimate of drug-likeness (QED) is 0.884. The number of piperidine rings is 1. The highest BCUT2D eigenvalue weighted by Gasteiger charge is 2.26. The molecular formula is C18H28ClN3O2. The van der Waals surface area contributed by atoms with Crippen LogP contribution in [0, 0.1) is 0 Å². The van der Waals surface area contributed by atoms with Crippen LogP contribution in [0.3, 0.4) is 0 Å². The fraction of sp³-hybridized carbons (Fsp3) is 0.556. The van der Waals surface area contributed by atoms with Crippen molar-refractivity contribution in [3.05, 3.63) is 35.4 Å². The lowest BCUT2D eigenvalue weighted by Gasteiger charge is -2.34. The average molecular weight is 354 g/mol. The van der Waals surface area contributed by atoms with E-state index in [1.165, 1.54) is 4.90 Å². The monoisotopic (exact) mass is 353 g/mol. The minimum atomic E-state index is -0.0800. The fourth-order valence-corrected chi connectivity index (χ4v) is 3.02. The second-order valence-electron chi connectivity index (χ2n) is 6.26. The zero-order chi connectivity index (χ0) is 16.8. The highest BCUT2D eigenvalue weighted by atomic mass is 35.5. The molecule has 1 aliphatic heterocycles. The first-order chi connectivity index (χ1) is 11.0. The van der Waals surface area contributed by atoms with Gasteiger partial charge in [0.2, 0.25) is 0 Å². The highest BCUT2D eigenvalue weighted by molar-refractivity contribution is 5.99. The number of hydrogen-bond acceptors (Lipinski definition) is 3. The molecule has 0 aliphatic carbocycles. The van der Waals surface area contributed by atoms with Crippen LogP contribution < -0.4 is 5.32 Å². The van der Waals surface area contributed by atoms with E-state index in [1.807, 2.05) is 4.90 Å². The molecule has 0 atom stereocenters. The molecule has 0 aromatic heterocycles. The standard InChI is InChI=1S/C18H27N3O2.ClH/c1-4-12-21(16-8-10-19-11-9-16)18(23)15-7-5-6-14(13-15)17(22)20(2)3;/h5-7,13,16,19H,4,8-12H2,1-3H3;1H. The van der Waals surface area contributed by atoms with E-state index in [-0.39, 0.29) is 30.3 Å². The van der Waals surface area contributed by atoms with E-state index in [2.05, 4.69) is 12.2 Å². The third-order valence-corrected chi connectivity index (χ3v) is 4.24. The average Bonchev–Trinajstić information content (AvgIpc) is 2.59. The molecule has 134 valence electrons. The SMILES string of the molecule is CCCN(C(=O)c1cccc(C(=O)N(C)C)c1)C1CCNCC1.Cl. The van der Waals surface area contributed by atoms with E-state index in [0.29, 0.717) is 11.1 Å². The van der Waals surface area contributed by atoms with Crippen molar-refractivity contribution in [3.63, 3.8) is 0 Å². The third kappa shape index (κ3) is 4.95. The first kappa shape index (κ1) is 20.5. The lowest BCUT2D eigenvalue weighted by Crippen LogP contribution is -2.46. The summed E-state index contributed by atoms with van der Waals surface area (Å²) in [6, 6.07) is 7.36. The van der Waals surface area contributed by atoms with Crippen LogP contribution in [0.1, 0.15) is 46.9 Å². The predicted octanol–water partition coefficient (Wildman–Crippen LogP) is 2.41. The number of amides is 2. The normalized spacial score (nSPS) is 14.6. The predicted molar refractivity (Wildman–Crippen MR) is 98.9 cm³/mol. The van der Waals surface area contributed by atoms with Gasteiger partial charge in [-0.15, -0.1) is 12.4 Å². The molecule has 1 heterocycles. The Kier molecular flexibility index (Phi) is 8.22. The van der Waals surface area contributed by atoms with Gasteiger partial charge in [-0.05, 0) is 50.6 Å². The maximum atomic E-state index is 13.0. The number of carbonyl (C=O) groups is 2. The van der Waals surface area contributed by atoms with Gasteiger partial charge in [0.1, 0.15) is 0 Å². The Hall–Kier alpha value is -1.59. The van der Waals surface area contributed by atoms with E-state index >= 15 is 0 Å².